The van der Waals surface area contributed by atoms with E-state index in [2.05, 4.69) is 12.2 Å². The number of aliphatic carboxylic acids is 1. The molecule has 1 aliphatic rings. The van der Waals surface area contributed by atoms with Crippen molar-refractivity contribution in [3.8, 4) is 0 Å². The van der Waals surface area contributed by atoms with Crippen molar-refractivity contribution in [3.63, 3.8) is 0 Å². The minimum atomic E-state index is -1.01. The maximum Gasteiger partial charge on any atom is 0.330 e. The van der Waals surface area contributed by atoms with E-state index in [1.807, 2.05) is 0 Å². The van der Waals surface area contributed by atoms with Crippen molar-refractivity contribution in [1.82, 2.24) is 5.32 Å². The van der Waals surface area contributed by atoms with Gasteiger partial charge in [0.25, 0.3) is 0 Å². The van der Waals surface area contributed by atoms with E-state index >= 15 is 0 Å². The minimum absolute atomic E-state index is 0.114. The van der Waals surface area contributed by atoms with E-state index in [1.165, 1.54) is 12.8 Å². The third-order valence-corrected chi connectivity index (χ3v) is 4.51. The van der Waals surface area contributed by atoms with E-state index in [4.69, 9.17) is 0 Å². The lowest BCUT2D eigenvalue weighted by Gasteiger charge is -2.24. The Morgan fingerprint density at radius 1 is 1.28 bits per heavy atom. The van der Waals surface area contributed by atoms with Gasteiger partial charge in [0.1, 0.15) is 5.54 Å². The number of unbranched alkanes of at least 4 members (excludes halogenated alkanes) is 4. The Morgan fingerprint density at radius 2 is 2.00 bits per heavy atom. The second-order valence-electron chi connectivity index (χ2n) is 4.90. The maximum absolute atomic E-state index is 11.8. The highest BCUT2D eigenvalue weighted by Crippen LogP contribution is 2.28. The Labute approximate surface area is 113 Å². The molecule has 0 radical (unpaired) electrons. The number of hydrogen-bond acceptors (Lipinski definition) is 3. The standard InChI is InChI=1S/C13H23NO3S/c1-2-3-4-5-6-7-11(15)14-13(12(16)17)8-9-18-10-13/h2-10H2,1H3,(H,14,15)(H,16,17). The van der Waals surface area contributed by atoms with Gasteiger partial charge < -0.3 is 10.4 Å². The molecule has 1 fully saturated rings. The fourth-order valence-corrected chi connectivity index (χ4v) is 3.43. The number of carbonyl (C=O) groups is 2. The van der Waals surface area contributed by atoms with Crippen molar-refractivity contribution in [2.45, 2.75) is 57.4 Å². The molecular weight excluding hydrogens is 250 g/mol. The van der Waals surface area contributed by atoms with Crippen molar-refractivity contribution in [3.05, 3.63) is 0 Å². The lowest BCUT2D eigenvalue weighted by molar-refractivity contribution is -0.146. The van der Waals surface area contributed by atoms with E-state index < -0.39 is 11.5 Å². The van der Waals surface area contributed by atoms with Crippen molar-refractivity contribution >= 4 is 23.6 Å². The molecule has 1 saturated heterocycles. The summed E-state index contributed by atoms with van der Waals surface area (Å²) in [5.74, 6) is 0.288. The first-order chi connectivity index (χ1) is 8.60. The summed E-state index contributed by atoms with van der Waals surface area (Å²) in [6.07, 6.45) is 6.44. The molecule has 0 aliphatic carbocycles. The zero-order chi connectivity index (χ0) is 13.4. The Kier molecular flexibility index (Phi) is 6.54. The number of carbonyl (C=O) groups excluding carboxylic acids is 1. The van der Waals surface area contributed by atoms with Crippen LogP contribution < -0.4 is 5.32 Å². The lowest BCUT2D eigenvalue weighted by Crippen LogP contribution is -2.54. The van der Waals surface area contributed by atoms with Crippen LogP contribution in [0.2, 0.25) is 0 Å². The molecule has 0 aromatic heterocycles. The predicted octanol–water partition coefficient (Wildman–Crippen LogP) is 2.42. The molecule has 0 aromatic carbocycles. The minimum Gasteiger partial charge on any atom is -0.479 e. The number of carboxylic acids is 1. The predicted molar refractivity (Wildman–Crippen MR) is 73.8 cm³/mol. The topological polar surface area (TPSA) is 66.4 Å². The molecule has 1 amide bonds. The van der Waals surface area contributed by atoms with Gasteiger partial charge in [0, 0.05) is 12.2 Å². The van der Waals surface area contributed by atoms with E-state index in [-0.39, 0.29) is 5.91 Å². The summed E-state index contributed by atoms with van der Waals surface area (Å²) in [6.45, 7) is 2.15. The van der Waals surface area contributed by atoms with Crippen LogP contribution in [0.4, 0.5) is 0 Å². The summed E-state index contributed by atoms with van der Waals surface area (Å²) < 4.78 is 0. The van der Waals surface area contributed by atoms with Crippen LogP contribution in [-0.4, -0.2) is 34.0 Å². The molecule has 1 heterocycles. The summed E-state index contributed by atoms with van der Waals surface area (Å²) in [4.78, 5) is 23.0. The average molecular weight is 273 g/mol. The Hall–Kier alpha value is -0.710. The first kappa shape index (κ1) is 15.3. The van der Waals surface area contributed by atoms with Gasteiger partial charge in [0.05, 0.1) is 0 Å². The molecule has 5 heteroatoms. The van der Waals surface area contributed by atoms with Gasteiger partial charge in [-0.25, -0.2) is 4.79 Å². The van der Waals surface area contributed by atoms with Crippen molar-refractivity contribution in [2.24, 2.45) is 0 Å². The van der Waals surface area contributed by atoms with Gasteiger partial charge in [0.2, 0.25) is 5.91 Å². The van der Waals surface area contributed by atoms with E-state index in [0.29, 0.717) is 18.6 Å². The third-order valence-electron chi connectivity index (χ3n) is 3.32. The molecule has 18 heavy (non-hydrogen) atoms. The van der Waals surface area contributed by atoms with E-state index in [1.54, 1.807) is 11.8 Å². The fourth-order valence-electron chi connectivity index (χ4n) is 2.10. The summed E-state index contributed by atoms with van der Waals surface area (Å²) in [6, 6.07) is 0. The van der Waals surface area contributed by atoms with Crippen LogP contribution in [0.3, 0.4) is 0 Å². The third kappa shape index (κ3) is 4.52. The van der Waals surface area contributed by atoms with Crippen molar-refractivity contribution in [1.29, 1.82) is 0 Å². The number of thioether (sulfide) groups is 1. The molecule has 104 valence electrons. The first-order valence-corrected chi connectivity index (χ1v) is 7.88. The number of carboxylic acid groups (broad SMARTS) is 1. The van der Waals surface area contributed by atoms with Gasteiger partial charge in [-0.05, 0) is 18.6 Å². The monoisotopic (exact) mass is 273 g/mol. The maximum atomic E-state index is 11.8. The van der Waals surface area contributed by atoms with Gasteiger partial charge in [-0.3, -0.25) is 4.79 Å². The smallest absolute Gasteiger partial charge is 0.330 e. The zero-order valence-electron chi connectivity index (χ0n) is 11.0. The molecule has 4 nitrogen and oxygen atoms in total. The van der Waals surface area contributed by atoms with Crippen molar-refractivity contribution in [2.75, 3.05) is 11.5 Å². The highest BCUT2D eigenvalue weighted by Gasteiger charge is 2.42. The molecule has 2 N–H and O–H groups in total. The second-order valence-corrected chi connectivity index (χ2v) is 6.01. The highest BCUT2D eigenvalue weighted by molar-refractivity contribution is 7.99. The quantitative estimate of drug-likeness (QED) is 0.667. The Bertz CT molecular complexity index is 288. The molecule has 0 aromatic rings. The molecule has 1 rings (SSSR count). The fraction of sp³-hybridized carbons (Fsp3) is 0.846. The summed E-state index contributed by atoms with van der Waals surface area (Å²) in [5.41, 5.74) is -1.01. The van der Waals surface area contributed by atoms with Crippen LogP contribution in [0.1, 0.15) is 51.9 Å². The highest BCUT2D eigenvalue weighted by atomic mass is 32.2. The number of nitrogens with one attached hydrogen (secondary N) is 1. The van der Waals surface area contributed by atoms with Crippen LogP contribution in [-0.2, 0) is 9.59 Å². The average Bonchev–Trinajstić information content (AvgIpc) is 2.78. The second kappa shape index (κ2) is 7.67. The van der Waals surface area contributed by atoms with E-state index in [0.717, 1.165) is 25.0 Å². The van der Waals surface area contributed by atoms with Gasteiger partial charge in [0.15, 0.2) is 0 Å². The van der Waals surface area contributed by atoms with Crippen LogP contribution in [0.15, 0.2) is 0 Å². The summed E-state index contributed by atoms with van der Waals surface area (Å²) >= 11 is 1.59. The van der Waals surface area contributed by atoms with Crippen molar-refractivity contribution < 1.29 is 14.7 Å². The zero-order valence-corrected chi connectivity index (χ0v) is 11.9. The summed E-state index contributed by atoms with van der Waals surface area (Å²) in [7, 11) is 0. The largest absolute Gasteiger partial charge is 0.479 e. The van der Waals surface area contributed by atoms with Gasteiger partial charge in [-0.2, -0.15) is 11.8 Å². The van der Waals surface area contributed by atoms with Gasteiger partial charge in [-0.1, -0.05) is 32.6 Å². The Morgan fingerprint density at radius 3 is 2.56 bits per heavy atom. The van der Waals surface area contributed by atoms with Crippen LogP contribution in [0, 0.1) is 0 Å². The van der Waals surface area contributed by atoms with Gasteiger partial charge in [-0.15, -0.1) is 0 Å². The van der Waals surface area contributed by atoms with Crippen LogP contribution >= 0.6 is 11.8 Å². The molecule has 1 atom stereocenters. The molecule has 0 bridgehead atoms. The molecule has 1 aliphatic heterocycles. The molecule has 0 spiro atoms. The van der Waals surface area contributed by atoms with Crippen LogP contribution in [0.25, 0.3) is 0 Å². The number of hydrogen-bond donors (Lipinski definition) is 2. The summed E-state index contributed by atoms with van der Waals surface area (Å²) in [5, 5.41) is 11.9. The number of amides is 1. The SMILES string of the molecule is CCCCCCCC(=O)NC1(C(=O)O)CCSC1. The molecule has 0 saturated carbocycles. The molecular formula is C13H23NO3S. The van der Waals surface area contributed by atoms with Crippen LogP contribution in [0.5, 0.6) is 0 Å². The Balaban J connectivity index is 2.27. The molecule has 1 unspecified atom stereocenters. The van der Waals surface area contributed by atoms with Gasteiger partial charge >= 0.3 is 5.97 Å². The normalized spacial score (nSPS) is 22.9. The number of rotatable bonds is 8. The van der Waals surface area contributed by atoms with E-state index in [9.17, 15) is 14.7 Å². The lowest BCUT2D eigenvalue weighted by atomic mass is 9.98. The first-order valence-electron chi connectivity index (χ1n) is 6.73.